The predicted molar refractivity (Wildman–Crippen MR) is 93.1 cm³/mol. The Morgan fingerprint density at radius 2 is 1.93 bits per heavy atom. The Hall–Kier alpha value is -2.68. The van der Waals surface area contributed by atoms with Gasteiger partial charge in [-0.1, -0.05) is 35.5 Å². The first-order valence-electron chi connectivity index (χ1n) is 8.31. The number of hydrogen-bond donors (Lipinski definition) is 0. The third-order valence-corrected chi connectivity index (χ3v) is 5.43. The van der Waals surface area contributed by atoms with Gasteiger partial charge in [-0.25, -0.2) is 0 Å². The van der Waals surface area contributed by atoms with Crippen LogP contribution in [0.1, 0.15) is 36.8 Å². The third-order valence-electron chi connectivity index (χ3n) is 4.35. The Labute approximate surface area is 156 Å². The summed E-state index contributed by atoms with van der Waals surface area (Å²) in [4.78, 5) is 18.1. The monoisotopic (exact) mass is 393 g/mol. The van der Waals surface area contributed by atoms with E-state index in [2.05, 4.69) is 14.7 Å². The number of carbonyl (C=O) groups excluding carboxylic acids is 1. The lowest BCUT2D eigenvalue weighted by Gasteiger charge is -2.35. The van der Waals surface area contributed by atoms with Crippen molar-refractivity contribution >= 4 is 22.2 Å². The summed E-state index contributed by atoms with van der Waals surface area (Å²) in [5, 5.41) is 4.06. The van der Waals surface area contributed by atoms with Gasteiger partial charge in [0.1, 0.15) is 0 Å². The molecule has 1 amide bonds. The van der Waals surface area contributed by atoms with Crippen LogP contribution in [0.4, 0.5) is 18.2 Å². The molecule has 9 heteroatoms. The largest absolute Gasteiger partial charge is 0.471 e. The van der Waals surface area contributed by atoms with E-state index in [0.29, 0.717) is 16.3 Å². The first-order chi connectivity index (χ1) is 12.9. The van der Waals surface area contributed by atoms with E-state index in [1.54, 1.807) is 17.0 Å². The number of halogens is 3. The zero-order valence-corrected chi connectivity index (χ0v) is 14.8. The van der Waals surface area contributed by atoms with Crippen molar-refractivity contribution in [2.75, 3.05) is 4.90 Å². The second-order valence-electron chi connectivity index (χ2n) is 6.14. The highest BCUT2D eigenvalue weighted by atomic mass is 32.1. The molecule has 1 aliphatic heterocycles. The molecule has 1 saturated heterocycles. The molecule has 1 fully saturated rings. The number of amides is 1. The van der Waals surface area contributed by atoms with E-state index in [-0.39, 0.29) is 17.8 Å². The summed E-state index contributed by atoms with van der Waals surface area (Å²) in [6.07, 6.45) is -2.63. The van der Waals surface area contributed by atoms with Crippen molar-refractivity contribution in [1.82, 2.24) is 10.1 Å². The minimum absolute atomic E-state index is 0.00686. The van der Waals surface area contributed by atoms with Gasteiger partial charge in [-0.15, -0.1) is 11.3 Å². The van der Waals surface area contributed by atoms with Gasteiger partial charge in [-0.05, 0) is 30.5 Å². The summed E-state index contributed by atoms with van der Waals surface area (Å²) >= 11 is 1.17. The lowest BCUT2D eigenvalue weighted by Crippen LogP contribution is -2.37. The van der Waals surface area contributed by atoms with Crippen LogP contribution in [-0.2, 0) is 11.0 Å². The van der Waals surface area contributed by atoms with Gasteiger partial charge in [0.05, 0.1) is 15.9 Å². The Kier molecular flexibility index (Phi) is 4.47. The Morgan fingerprint density at radius 3 is 2.63 bits per heavy atom. The molecule has 0 radical (unpaired) electrons. The molecule has 1 atom stereocenters. The molecule has 4 rings (SSSR count). The average Bonchev–Trinajstić information content (AvgIpc) is 3.31. The average molecular weight is 393 g/mol. The summed E-state index contributed by atoms with van der Waals surface area (Å²) in [5.41, 5.74) is 1.03. The SMILES string of the molecule is O=C1CCCC(c2ccccc2)N1c1ccc(-c2noc(C(F)(F)F)n2)s1. The number of anilines is 1. The van der Waals surface area contributed by atoms with Gasteiger partial charge in [-0.3, -0.25) is 9.69 Å². The molecule has 140 valence electrons. The van der Waals surface area contributed by atoms with Gasteiger partial charge < -0.3 is 4.52 Å². The molecular weight excluding hydrogens is 379 g/mol. The normalized spacial score (nSPS) is 18.1. The lowest BCUT2D eigenvalue weighted by atomic mass is 9.95. The van der Waals surface area contributed by atoms with E-state index >= 15 is 0 Å². The third kappa shape index (κ3) is 3.46. The Morgan fingerprint density at radius 1 is 1.15 bits per heavy atom. The number of piperidine rings is 1. The van der Waals surface area contributed by atoms with E-state index < -0.39 is 12.1 Å². The lowest BCUT2D eigenvalue weighted by molar-refractivity contribution is -0.159. The molecule has 0 spiro atoms. The van der Waals surface area contributed by atoms with Crippen LogP contribution in [0.3, 0.4) is 0 Å². The van der Waals surface area contributed by atoms with Gasteiger partial charge in [0.2, 0.25) is 11.7 Å². The summed E-state index contributed by atoms with van der Waals surface area (Å²) in [6.45, 7) is 0. The molecule has 3 aromatic rings. The van der Waals surface area contributed by atoms with Crippen molar-refractivity contribution in [2.45, 2.75) is 31.5 Å². The highest BCUT2D eigenvalue weighted by Gasteiger charge is 2.39. The van der Waals surface area contributed by atoms with Crippen molar-refractivity contribution in [3.05, 3.63) is 53.9 Å². The van der Waals surface area contributed by atoms with Crippen LogP contribution in [-0.4, -0.2) is 16.0 Å². The summed E-state index contributed by atoms with van der Waals surface area (Å²) in [6, 6.07) is 12.9. The van der Waals surface area contributed by atoms with E-state index in [0.717, 1.165) is 18.4 Å². The number of carbonyl (C=O) groups is 1. The van der Waals surface area contributed by atoms with Crippen LogP contribution >= 0.6 is 11.3 Å². The molecule has 0 bridgehead atoms. The van der Waals surface area contributed by atoms with E-state index in [4.69, 9.17) is 0 Å². The van der Waals surface area contributed by atoms with Crippen molar-refractivity contribution in [2.24, 2.45) is 0 Å². The maximum absolute atomic E-state index is 12.7. The smallest absolute Gasteiger partial charge is 0.329 e. The molecule has 27 heavy (non-hydrogen) atoms. The molecule has 1 aliphatic rings. The van der Waals surface area contributed by atoms with Gasteiger partial charge in [-0.2, -0.15) is 18.2 Å². The number of rotatable bonds is 3. The van der Waals surface area contributed by atoms with Crippen LogP contribution in [0, 0.1) is 0 Å². The maximum Gasteiger partial charge on any atom is 0.471 e. The second kappa shape index (κ2) is 6.80. The number of aromatic nitrogens is 2. The fourth-order valence-electron chi connectivity index (χ4n) is 3.15. The van der Waals surface area contributed by atoms with Gasteiger partial charge in [0, 0.05) is 6.42 Å². The van der Waals surface area contributed by atoms with Crippen LogP contribution in [0.2, 0.25) is 0 Å². The molecule has 0 saturated carbocycles. The molecule has 0 N–H and O–H groups in total. The first-order valence-corrected chi connectivity index (χ1v) is 9.13. The van der Waals surface area contributed by atoms with Crippen molar-refractivity contribution in [3.8, 4) is 10.7 Å². The molecular formula is C18H14F3N3O2S. The molecule has 3 heterocycles. The minimum Gasteiger partial charge on any atom is -0.329 e. The Bertz CT molecular complexity index is 952. The first kappa shape index (κ1) is 17.7. The fourth-order valence-corrected chi connectivity index (χ4v) is 4.15. The van der Waals surface area contributed by atoms with E-state index in [1.165, 1.54) is 11.3 Å². The molecule has 1 aromatic carbocycles. The number of alkyl halides is 3. The Balaban J connectivity index is 1.66. The quantitative estimate of drug-likeness (QED) is 0.623. The number of thiophene rings is 1. The predicted octanol–water partition coefficient (Wildman–Crippen LogP) is 5.08. The number of benzene rings is 1. The zero-order valence-electron chi connectivity index (χ0n) is 13.9. The topological polar surface area (TPSA) is 59.2 Å². The highest BCUT2D eigenvalue weighted by Crippen LogP contribution is 2.41. The van der Waals surface area contributed by atoms with Crippen molar-refractivity contribution in [1.29, 1.82) is 0 Å². The van der Waals surface area contributed by atoms with Gasteiger partial charge >= 0.3 is 12.1 Å². The number of hydrogen-bond acceptors (Lipinski definition) is 5. The van der Waals surface area contributed by atoms with Gasteiger partial charge in [0.25, 0.3) is 0 Å². The van der Waals surface area contributed by atoms with Crippen molar-refractivity contribution < 1.29 is 22.5 Å². The van der Waals surface area contributed by atoms with E-state index in [9.17, 15) is 18.0 Å². The molecule has 0 aliphatic carbocycles. The van der Waals surface area contributed by atoms with E-state index in [1.807, 2.05) is 30.3 Å². The molecule has 1 unspecified atom stereocenters. The van der Waals surface area contributed by atoms with Crippen LogP contribution in [0.5, 0.6) is 0 Å². The fraction of sp³-hybridized carbons (Fsp3) is 0.278. The maximum atomic E-state index is 12.7. The molecule has 5 nitrogen and oxygen atoms in total. The van der Waals surface area contributed by atoms with Gasteiger partial charge in [0.15, 0.2) is 0 Å². The molecule has 2 aromatic heterocycles. The second-order valence-corrected chi connectivity index (χ2v) is 7.20. The number of nitrogens with zero attached hydrogens (tertiary/aromatic N) is 3. The standard InChI is InChI=1S/C18H14F3N3O2S/c19-18(20,21)17-22-16(23-26-17)13-9-10-15(27-13)24-12(7-4-8-14(24)25)11-5-2-1-3-6-11/h1-3,5-6,9-10,12H,4,7-8H2. The zero-order chi connectivity index (χ0) is 19.0. The summed E-state index contributed by atoms with van der Waals surface area (Å²) in [7, 11) is 0. The van der Waals surface area contributed by atoms with Crippen LogP contribution in [0.15, 0.2) is 47.0 Å². The van der Waals surface area contributed by atoms with Crippen LogP contribution < -0.4 is 4.90 Å². The van der Waals surface area contributed by atoms with Crippen molar-refractivity contribution in [3.63, 3.8) is 0 Å². The minimum atomic E-state index is -4.69. The highest BCUT2D eigenvalue weighted by molar-refractivity contribution is 7.19. The van der Waals surface area contributed by atoms with Crippen LogP contribution in [0.25, 0.3) is 10.7 Å². The summed E-state index contributed by atoms with van der Waals surface area (Å²) in [5.74, 6) is -1.53. The summed E-state index contributed by atoms with van der Waals surface area (Å²) < 4.78 is 42.3.